The van der Waals surface area contributed by atoms with Crippen LogP contribution in [0, 0.1) is 23.7 Å². The summed E-state index contributed by atoms with van der Waals surface area (Å²) < 4.78 is 6.65. The molecule has 16 heavy (non-hydrogen) atoms. The van der Waals surface area contributed by atoms with Gasteiger partial charge in [0.2, 0.25) is 0 Å². The molecule has 2 aliphatic carbocycles. The molecule has 2 saturated carbocycles. The van der Waals surface area contributed by atoms with Gasteiger partial charge < -0.3 is 4.74 Å². The van der Waals surface area contributed by atoms with E-state index < -0.39 is 0 Å². The Morgan fingerprint density at radius 3 is 2.50 bits per heavy atom. The van der Waals surface area contributed by atoms with Crippen molar-refractivity contribution in [2.75, 3.05) is 0 Å². The third-order valence-corrected chi connectivity index (χ3v) is 6.03. The van der Waals surface area contributed by atoms with E-state index in [-0.39, 0.29) is 11.2 Å². The lowest BCUT2D eigenvalue weighted by molar-refractivity contribution is -0.145. The van der Waals surface area contributed by atoms with E-state index in [9.17, 15) is 0 Å². The quantitative estimate of drug-likeness (QED) is 0.601. The zero-order valence-electron chi connectivity index (χ0n) is 11.3. The highest BCUT2D eigenvalue weighted by atomic mass is 16.5. The topological polar surface area (TPSA) is 9.23 Å². The van der Waals surface area contributed by atoms with Gasteiger partial charge in [0.1, 0.15) is 0 Å². The van der Waals surface area contributed by atoms with Gasteiger partial charge in [-0.2, -0.15) is 0 Å². The van der Waals surface area contributed by atoms with Crippen molar-refractivity contribution in [2.45, 2.75) is 71.0 Å². The van der Waals surface area contributed by atoms with Crippen LogP contribution in [0.1, 0.15) is 59.8 Å². The molecule has 3 rings (SSSR count). The maximum atomic E-state index is 6.65. The predicted octanol–water partition coefficient (Wildman–Crippen LogP) is 4.02. The lowest BCUT2D eigenvalue weighted by Gasteiger charge is -2.40. The van der Waals surface area contributed by atoms with Crippen molar-refractivity contribution >= 4 is 0 Å². The van der Waals surface area contributed by atoms with Gasteiger partial charge in [-0.1, -0.05) is 13.8 Å². The van der Waals surface area contributed by atoms with Gasteiger partial charge in [-0.05, 0) is 69.6 Å². The normalized spacial score (nSPS) is 54.8. The van der Waals surface area contributed by atoms with Gasteiger partial charge in [0.15, 0.2) is 0 Å². The zero-order valence-corrected chi connectivity index (χ0v) is 11.3. The van der Waals surface area contributed by atoms with Crippen molar-refractivity contribution in [3.8, 4) is 0 Å². The molecular weight excluding hydrogens is 196 g/mol. The van der Waals surface area contributed by atoms with Crippen LogP contribution < -0.4 is 0 Å². The zero-order chi connectivity index (χ0) is 11.6. The van der Waals surface area contributed by atoms with E-state index in [0.29, 0.717) is 0 Å². The fourth-order valence-corrected chi connectivity index (χ4v) is 4.94. The maximum Gasteiger partial charge on any atom is 0.0749 e. The molecule has 92 valence electrons. The Hall–Kier alpha value is -0.0400. The molecule has 1 heterocycles. The van der Waals surface area contributed by atoms with Gasteiger partial charge in [0.25, 0.3) is 0 Å². The van der Waals surface area contributed by atoms with Gasteiger partial charge in [-0.15, -0.1) is 0 Å². The van der Waals surface area contributed by atoms with Crippen LogP contribution in [-0.2, 0) is 4.74 Å². The van der Waals surface area contributed by atoms with Crippen molar-refractivity contribution in [3.63, 3.8) is 0 Å². The van der Waals surface area contributed by atoms with Crippen LogP contribution in [0.3, 0.4) is 0 Å². The molecule has 1 aliphatic heterocycles. The summed E-state index contributed by atoms with van der Waals surface area (Å²) in [6.45, 7) is 9.53. The second kappa shape index (κ2) is 3.25. The Morgan fingerprint density at radius 2 is 1.75 bits per heavy atom. The molecule has 1 nitrogen and oxygen atoms in total. The third-order valence-electron chi connectivity index (χ3n) is 6.03. The average Bonchev–Trinajstić information content (AvgIpc) is 2.57. The van der Waals surface area contributed by atoms with Crippen LogP contribution in [-0.4, -0.2) is 11.2 Å². The molecule has 0 aromatic heterocycles. The second-order valence-electron chi connectivity index (χ2n) is 7.20. The summed E-state index contributed by atoms with van der Waals surface area (Å²) in [6.07, 6.45) is 6.95. The van der Waals surface area contributed by atoms with Crippen LogP contribution in [0.4, 0.5) is 0 Å². The molecule has 0 aromatic carbocycles. The molecule has 2 bridgehead atoms. The van der Waals surface area contributed by atoms with Gasteiger partial charge in [0, 0.05) is 0 Å². The molecule has 3 fully saturated rings. The minimum absolute atomic E-state index is 0.136. The fourth-order valence-electron chi connectivity index (χ4n) is 4.94. The molecule has 0 unspecified atom stereocenters. The number of fused-ring (bicyclic) bond motifs is 1. The van der Waals surface area contributed by atoms with E-state index in [4.69, 9.17) is 4.74 Å². The highest BCUT2D eigenvalue weighted by Gasteiger charge is 2.61. The van der Waals surface area contributed by atoms with Crippen molar-refractivity contribution in [2.24, 2.45) is 23.7 Å². The highest BCUT2D eigenvalue weighted by Crippen LogP contribution is 2.61. The number of hydrogen-bond acceptors (Lipinski definition) is 1. The number of rotatable bonds is 0. The number of ether oxygens (including phenoxy) is 1. The van der Waals surface area contributed by atoms with Crippen molar-refractivity contribution in [1.82, 2.24) is 0 Å². The fraction of sp³-hybridized carbons (Fsp3) is 1.00. The Balaban J connectivity index is 2.01. The largest absolute Gasteiger partial charge is 0.368 e. The van der Waals surface area contributed by atoms with Gasteiger partial charge >= 0.3 is 0 Å². The van der Waals surface area contributed by atoms with Crippen LogP contribution >= 0.6 is 0 Å². The molecule has 1 heteroatoms. The lowest BCUT2D eigenvalue weighted by Crippen LogP contribution is -2.43. The summed E-state index contributed by atoms with van der Waals surface area (Å²) in [5.41, 5.74) is 0.390. The molecule has 5 atom stereocenters. The predicted molar refractivity (Wildman–Crippen MR) is 66.3 cm³/mol. The molecule has 1 saturated heterocycles. The summed E-state index contributed by atoms with van der Waals surface area (Å²) in [5, 5.41) is 0. The first-order valence-corrected chi connectivity index (χ1v) is 7.16. The molecule has 0 aromatic rings. The molecule has 0 amide bonds. The van der Waals surface area contributed by atoms with Crippen molar-refractivity contribution in [3.05, 3.63) is 0 Å². The summed E-state index contributed by atoms with van der Waals surface area (Å²) >= 11 is 0. The Labute approximate surface area is 99.9 Å². The third kappa shape index (κ3) is 1.27. The van der Waals surface area contributed by atoms with Gasteiger partial charge in [-0.3, -0.25) is 0 Å². The summed E-state index contributed by atoms with van der Waals surface area (Å²) in [7, 11) is 0. The Bertz CT molecular complexity index is 296. The van der Waals surface area contributed by atoms with Crippen LogP contribution in [0.2, 0.25) is 0 Å². The first kappa shape index (κ1) is 11.1. The standard InChI is InChI=1S/C15H26O/c1-10-5-7-12-9-15(16-14(12,3)4)11(2)6-8-13(10)15/h10-13H,5-9H2,1-4H3/t10-,11+,12-,13+,15+/m1/s1. The first-order valence-electron chi connectivity index (χ1n) is 7.16. The molecule has 3 aliphatic rings. The van der Waals surface area contributed by atoms with Crippen molar-refractivity contribution < 1.29 is 4.74 Å². The lowest BCUT2D eigenvalue weighted by atomic mass is 9.77. The smallest absolute Gasteiger partial charge is 0.0749 e. The summed E-state index contributed by atoms with van der Waals surface area (Å²) in [6, 6.07) is 0. The molecule has 0 radical (unpaired) electrons. The van der Waals surface area contributed by atoms with Crippen LogP contribution in [0.25, 0.3) is 0 Å². The highest BCUT2D eigenvalue weighted by molar-refractivity contribution is 5.10. The summed E-state index contributed by atoms with van der Waals surface area (Å²) in [5.74, 6) is 3.31. The SMILES string of the molecule is C[C@@H]1CC[C@@H]2C[C@]3(OC2(C)C)[C@@H](C)CC[C@@H]13. The van der Waals surface area contributed by atoms with Gasteiger partial charge in [-0.25, -0.2) is 0 Å². The minimum Gasteiger partial charge on any atom is -0.368 e. The second-order valence-corrected chi connectivity index (χ2v) is 7.20. The monoisotopic (exact) mass is 222 g/mol. The van der Waals surface area contributed by atoms with Crippen LogP contribution in [0.5, 0.6) is 0 Å². The van der Waals surface area contributed by atoms with E-state index in [1.165, 1.54) is 32.1 Å². The van der Waals surface area contributed by atoms with Crippen LogP contribution in [0.15, 0.2) is 0 Å². The maximum absolute atomic E-state index is 6.65. The first-order chi connectivity index (χ1) is 7.46. The van der Waals surface area contributed by atoms with E-state index in [1.54, 1.807) is 0 Å². The molecule has 1 spiro atoms. The van der Waals surface area contributed by atoms with E-state index in [1.807, 2.05) is 0 Å². The van der Waals surface area contributed by atoms with Gasteiger partial charge in [0.05, 0.1) is 11.2 Å². The van der Waals surface area contributed by atoms with E-state index in [0.717, 1.165) is 23.7 Å². The number of hydrogen-bond donors (Lipinski definition) is 0. The Morgan fingerprint density at radius 1 is 1.00 bits per heavy atom. The average molecular weight is 222 g/mol. The van der Waals surface area contributed by atoms with Crippen molar-refractivity contribution in [1.29, 1.82) is 0 Å². The minimum atomic E-state index is 0.136. The van der Waals surface area contributed by atoms with E-state index >= 15 is 0 Å². The molecule has 0 N–H and O–H groups in total. The summed E-state index contributed by atoms with van der Waals surface area (Å²) in [4.78, 5) is 0. The van der Waals surface area contributed by atoms with E-state index in [2.05, 4.69) is 27.7 Å². The Kier molecular flexibility index (Phi) is 2.25. The molecular formula is C15H26O.